The number of aromatic nitrogens is 4. The lowest BCUT2D eigenvalue weighted by molar-refractivity contribution is 0.769. The first-order chi connectivity index (χ1) is 49.6. The predicted molar refractivity (Wildman–Crippen MR) is 408 cm³/mol. The second-order valence-corrected chi connectivity index (χ2v) is 26.6. The summed E-state index contributed by atoms with van der Waals surface area (Å²) < 4.78 is 9.44. The molecule has 0 amide bonds. The van der Waals surface area contributed by atoms with Gasteiger partial charge in [-0.15, -0.1) is 0 Å². The van der Waals surface area contributed by atoms with Crippen LogP contribution in [0.2, 0.25) is 0 Å². The predicted octanol–water partition coefficient (Wildman–Crippen LogP) is 22.5. The fraction of sp³-hybridized carbons (Fsp3) is 0.0213. The Kier molecular flexibility index (Phi) is 11.7. The van der Waals surface area contributed by atoms with Gasteiger partial charge in [-0.1, -0.05) is 303 Å². The molecule has 0 saturated carbocycles. The summed E-state index contributed by atoms with van der Waals surface area (Å²) in [7, 11) is 0. The van der Waals surface area contributed by atoms with Crippen LogP contribution >= 0.6 is 0 Å². The van der Waals surface area contributed by atoms with E-state index in [1.165, 1.54) is 0 Å². The van der Waals surface area contributed by atoms with E-state index in [4.69, 9.17) is 0 Å². The second kappa shape index (κ2) is 21.0. The Morgan fingerprint density at radius 1 is 0.210 bits per heavy atom. The van der Waals surface area contributed by atoms with Gasteiger partial charge in [0.15, 0.2) is 0 Å². The lowest BCUT2D eigenvalue weighted by Gasteiger charge is -2.34. The minimum Gasteiger partial charge on any atom is -0.306 e. The number of benzene rings is 15. The van der Waals surface area contributed by atoms with Crippen molar-refractivity contribution >= 4 is 87.2 Å². The molecule has 4 heterocycles. The van der Waals surface area contributed by atoms with Crippen LogP contribution < -0.4 is 0 Å². The first kappa shape index (κ1) is 55.7. The zero-order chi connectivity index (χ0) is 66.0. The average molecular weight is 1270 g/mol. The third kappa shape index (κ3) is 7.07. The highest BCUT2D eigenvalue weighted by Gasteiger charge is 2.50. The van der Waals surface area contributed by atoms with Crippen LogP contribution in [0.1, 0.15) is 55.6 Å². The van der Waals surface area contributed by atoms with Crippen molar-refractivity contribution in [2.45, 2.75) is 10.8 Å². The molecule has 0 unspecified atom stereocenters. The molecule has 100 heavy (non-hydrogen) atoms. The van der Waals surface area contributed by atoms with Gasteiger partial charge < -0.3 is 18.3 Å². The Balaban J connectivity index is 1.04. The third-order valence-electron chi connectivity index (χ3n) is 22.2. The number of para-hydroxylation sites is 6. The Hall–Kier alpha value is -13.5. The van der Waals surface area contributed by atoms with Gasteiger partial charge in [-0.3, -0.25) is 0 Å². The van der Waals surface area contributed by atoms with Gasteiger partial charge in [0, 0.05) is 54.2 Å². The molecule has 6 nitrogen and oxygen atoms in total. The van der Waals surface area contributed by atoms with E-state index in [2.05, 4.69) is 370 Å². The molecule has 0 radical (unpaired) electrons. The molecule has 0 saturated heterocycles. The van der Waals surface area contributed by atoms with E-state index >= 15 is 0 Å². The lowest BCUT2D eigenvalue weighted by Crippen LogP contribution is -2.28. The Labute approximate surface area is 575 Å². The Bertz CT molecular complexity index is 6190. The van der Waals surface area contributed by atoms with Crippen molar-refractivity contribution in [3.8, 4) is 57.1 Å². The quantitative estimate of drug-likeness (QED) is 0.152. The number of nitriles is 2. The highest BCUT2D eigenvalue weighted by Crippen LogP contribution is 2.62. The van der Waals surface area contributed by atoms with Crippen LogP contribution in [0.3, 0.4) is 0 Å². The molecular weight excluding hydrogens is 1210 g/mol. The van der Waals surface area contributed by atoms with E-state index < -0.39 is 10.8 Å². The molecule has 0 atom stereocenters. The van der Waals surface area contributed by atoms with Crippen LogP contribution in [0.25, 0.3) is 132 Å². The SMILES string of the molecule is N#Cc1c(-n2c3ccccc3c3ccccc32)c(-n2c3ccccc3c3ccc4c(c32)-c2ccccc2C4(c2ccccc2)c2ccccc2)c(C#N)c(-n2c3ccccc3c3ccccc32)c1-n1c2ccccc2c2ccc3c(c21)-c1ccccc1C3(c1ccccc1)c1ccccc1. The fourth-order valence-corrected chi connectivity index (χ4v) is 18.5. The molecule has 0 bridgehead atoms. The van der Waals surface area contributed by atoms with Crippen molar-refractivity contribution in [1.82, 2.24) is 18.3 Å². The van der Waals surface area contributed by atoms with Crippen molar-refractivity contribution in [3.05, 3.63) is 395 Å². The minimum atomic E-state index is -0.762. The van der Waals surface area contributed by atoms with E-state index in [1.807, 2.05) is 0 Å². The molecule has 4 aromatic heterocycles. The number of rotatable bonds is 8. The van der Waals surface area contributed by atoms with E-state index in [1.54, 1.807) is 0 Å². The molecule has 15 aromatic carbocycles. The van der Waals surface area contributed by atoms with Crippen molar-refractivity contribution in [3.63, 3.8) is 0 Å². The van der Waals surface area contributed by atoms with E-state index in [0.717, 1.165) is 154 Å². The zero-order valence-electron chi connectivity index (χ0n) is 54.0. The van der Waals surface area contributed by atoms with Crippen LogP contribution in [0, 0.1) is 22.7 Å². The maximum absolute atomic E-state index is 13.6. The summed E-state index contributed by atoms with van der Waals surface area (Å²) >= 11 is 0. The van der Waals surface area contributed by atoms with Gasteiger partial charge in [0.05, 0.1) is 77.7 Å². The molecule has 462 valence electrons. The van der Waals surface area contributed by atoms with Gasteiger partial charge in [0.25, 0.3) is 0 Å². The summed E-state index contributed by atoms with van der Waals surface area (Å²) in [4.78, 5) is 0. The zero-order valence-corrected chi connectivity index (χ0v) is 54.0. The molecule has 6 heteroatoms. The summed E-state index contributed by atoms with van der Waals surface area (Å²) in [6, 6.07) is 129. The number of nitrogens with zero attached hydrogens (tertiary/aromatic N) is 6. The third-order valence-corrected chi connectivity index (χ3v) is 22.2. The Morgan fingerprint density at radius 2 is 0.450 bits per heavy atom. The number of hydrogen-bond acceptors (Lipinski definition) is 2. The fourth-order valence-electron chi connectivity index (χ4n) is 18.5. The lowest BCUT2D eigenvalue weighted by atomic mass is 9.67. The normalized spacial score (nSPS) is 13.3. The molecule has 0 fully saturated rings. The molecule has 0 N–H and O–H groups in total. The van der Waals surface area contributed by atoms with Gasteiger partial charge in [-0.05, 0) is 92.0 Å². The number of hydrogen-bond donors (Lipinski definition) is 0. The van der Waals surface area contributed by atoms with E-state index in [9.17, 15) is 10.5 Å². The molecule has 2 aliphatic carbocycles. The van der Waals surface area contributed by atoms with Crippen LogP contribution in [-0.2, 0) is 10.8 Å². The van der Waals surface area contributed by atoms with Crippen LogP contribution in [0.15, 0.2) is 340 Å². The second-order valence-electron chi connectivity index (χ2n) is 26.6. The topological polar surface area (TPSA) is 67.3 Å². The molecular formula is C94H56N6. The Morgan fingerprint density at radius 3 is 0.750 bits per heavy atom. The monoisotopic (exact) mass is 1270 g/mol. The van der Waals surface area contributed by atoms with Crippen LogP contribution in [0.4, 0.5) is 0 Å². The molecule has 0 spiro atoms. The standard InChI is InChI=1S/C94H56N6/c95-57-73-90(98-81-49-25-17-39-65(81)66-40-18-26-50-82(66)98)92(100-84-52-28-20-42-68(84)70-54-56-78-86(88(70)100)72-44-14-22-46-76(72)94(78,61-33-9-3-10-34-61)62-35-11-4-12-36-62)74(58-96)89(97-79-47-23-15-37-63(79)64-38-16-24-48-80(64)97)91(73)99-83-51-27-19-41-67(83)69-53-55-77-85(87(69)99)71-43-13-21-45-75(71)93(77,59-29-5-1-6-30-59)60-31-7-2-8-32-60/h1-56H. The summed E-state index contributed by atoms with van der Waals surface area (Å²) in [5.74, 6) is 0. The van der Waals surface area contributed by atoms with Gasteiger partial charge in [0.1, 0.15) is 23.3 Å². The van der Waals surface area contributed by atoms with Gasteiger partial charge >= 0.3 is 0 Å². The molecule has 0 aliphatic heterocycles. The first-order valence-corrected chi connectivity index (χ1v) is 34.2. The molecule has 2 aliphatic rings. The van der Waals surface area contributed by atoms with Gasteiger partial charge in [-0.2, -0.15) is 10.5 Å². The van der Waals surface area contributed by atoms with Gasteiger partial charge in [0.2, 0.25) is 0 Å². The summed E-state index contributed by atoms with van der Waals surface area (Å²) in [6.07, 6.45) is 0. The van der Waals surface area contributed by atoms with Crippen LogP contribution in [0.5, 0.6) is 0 Å². The highest BCUT2D eigenvalue weighted by atomic mass is 15.1. The highest BCUT2D eigenvalue weighted by molar-refractivity contribution is 6.20. The van der Waals surface area contributed by atoms with Crippen molar-refractivity contribution in [1.29, 1.82) is 10.5 Å². The molecule has 19 aromatic rings. The maximum atomic E-state index is 13.6. The van der Waals surface area contributed by atoms with Crippen LogP contribution in [-0.4, -0.2) is 18.3 Å². The van der Waals surface area contributed by atoms with Crippen molar-refractivity contribution in [2.75, 3.05) is 0 Å². The minimum absolute atomic E-state index is 0.392. The van der Waals surface area contributed by atoms with E-state index in [-0.39, 0.29) is 0 Å². The number of fused-ring (bicyclic) bond motifs is 20. The summed E-state index contributed by atoms with van der Waals surface area (Å²) in [6.45, 7) is 0. The smallest absolute Gasteiger partial charge is 0.104 e. The summed E-state index contributed by atoms with van der Waals surface area (Å²) in [5.41, 5.74) is 22.4. The van der Waals surface area contributed by atoms with E-state index in [0.29, 0.717) is 33.9 Å². The molecule has 21 rings (SSSR count). The maximum Gasteiger partial charge on any atom is 0.104 e. The van der Waals surface area contributed by atoms with Gasteiger partial charge in [-0.25, -0.2) is 0 Å². The largest absolute Gasteiger partial charge is 0.306 e. The average Bonchev–Trinajstić information content (AvgIpc) is 1.51. The summed E-state index contributed by atoms with van der Waals surface area (Å²) in [5, 5.41) is 35.4. The van der Waals surface area contributed by atoms with Crippen molar-refractivity contribution < 1.29 is 0 Å². The first-order valence-electron chi connectivity index (χ1n) is 34.2. The van der Waals surface area contributed by atoms with Crippen molar-refractivity contribution in [2.24, 2.45) is 0 Å².